The Morgan fingerprint density at radius 2 is 2.20 bits per heavy atom. The predicted molar refractivity (Wildman–Crippen MR) is 81.4 cm³/mol. The maximum Gasteiger partial charge on any atom is 0.250 e. The molecule has 5 heteroatoms. The highest BCUT2D eigenvalue weighted by Gasteiger charge is 2.34. The average Bonchev–Trinajstić information content (AvgIpc) is 3.09. The molecular formula is C15H20ClN3O. The van der Waals surface area contributed by atoms with Gasteiger partial charge in [-0.2, -0.15) is 0 Å². The van der Waals surface area contributed by atoms with Crippen LogP contribution >= 0.6 is 11.6 Å². The molecule has 2 atom stereocenters. The van der Waals surface area contributed by atoms with E-state index in [0.29, 0.717) is 22.7 Å². The number of carbonyl (C=O) groups is 1. The number of benzene rings is 1. The van der Waals surface area contributed by atoms with Crippen LogP contribution in [-0.4, -0.2) is 31.1 Å². The van der Waals surface area contributed by atoms with E-state index >= 15 is 0 Å². The van der Waals surface area contributed by atoms with Crippen molar-refractivity contribution in [3.63, 3.8) is 0 Å². The van der Waals surface area contributed by atoms with E-state index in [1.165, 1.54) is 12.8 Å². The van der Waals surface area contributed by atoms with E-state index in [0.717, 1.165) is 31.6 Å². The Hall–Kier alpha value is -1.26. The smallest absolute Gasteiger partial charge is 0.250 e. The van der Waals surface area contributed by atoms with Gasteiger partial charge in [-0.25, -0.2) is 0 Å². The Balaban J connectivity index is 1.94. The fourth-order valence-corrected chi connectivity index (χ4v) is 3.67. The van der Waals surface area contributed by atoms with Gasteiger partial charge >= 0.3 is 0 Å². The Morgan fingerprint density at radius 3 is 2.90 bits per heavy atom. The number of nitrogens with one attached hydrogen (secondary N) is 1. The van der Waals surface area contributed by atoms with Crippen LogP contribution in [0.3, 0.4) is 0 Å². The highest BCUT2D eigenvalue weighted by atomic mass is 35.5. The molecule has 0 radical (unpaired) electrons. The summed E-state index contributed by atoms with van der Waals surface area (Å²) in [5.41, 5.74) is 6.97. The molecule has 2 fully saturated rings. The Labute approximate surface area is 124 Å². The second-order valence-corrected chi connectivity index (χ2v) is 6.07. The molecule has 4 nitrogen and oxygen atoms in total. The number of carbonyl (C=O) groups excluding carboxylic acids is 1. The molecule has 2 aliphatic rings. The summed E-state index contributed by atoms with van der Waals surface area (Å²) >= 11 is 6.11. The van der Waals surface area contributed by atoms with E-state index < -0.39 is 0 Å². The van der Waals surface area contributed by atoms with E-state index in [9.17, 15) is 4.79 Å². The van der Waals surface area contributed by atoms with Crippen molar-refractivity contribution in [1.29, 1.82) is 0 Å². The number of amides is 1. The molecule has 1 aromatic carbocycles. The zero-order chi connectivity index (χ0) is 14.1. The lowest BCUT2D eigenvalue weighted by molar-refractivity contribution is 0.100. The lowest BCUT2D eigenvalue weighted by atomic mass is 10.0. The van der Waals surface area contributed by atoms with Gasteiger partial charge in [0.2, 0.25) is 0 Å². The van der Waals surface area contributed by atoms with Gasteiger partial charge in [0, 0.05) is 23.7 Å². The monoisotopic (exact) mass is 293 g/mol. The van der Waals surface area contributed by atoms with Crippen molar-refractivity contribution in [2.24, 2.45) is 5.73 Å². The second kappa shape index (κ2) is 5.62. The Morgan fingerprint density at radius 1 is 1.35 bits per heavy atom. The van der Waals surface area contributed by atoms with Crippen LogP contribution in [0.2, 0.25) is 5.02 Å². The normalized spacial score (nSPS) is 26.1. The van der Waals surface area contributed by atoms with Crippen LogP contribution in [0.5, 0.6) is 0 Å². The summed E-state index contributed by atoms with van der Waals surface area (Å²) in [7, 11) is 0. The molecule has 0 bridgehead atoms. The van der Waals surface area contributed by atoms with Crippen molar-refractivity contribution >= 4 is 23.2 Å². The van der Waals surface area contributed by atoms with Gasteiger partial charge in [-0.1, -0.05) is 11.6 Å². The summed E-state index contributed by atoms with van der Waals surface area (Å²) in [6, 6.07) is 6.28. The Kier molecular flexibility index (Phi) is 3.85. The molecule has 2 saturated heterocycles. The van der Waals surface area contributed by atoms with Crippen molar-refractivity contribution in [1.82, 2.24) is 5.32 Å². The first-order valence-electron chi connectivity index (χ1n) is 7.26. The highest BCUT2D eigenvalue weighted by Crippen LogP contribution is 2.33. The number of nitrogens with two attached hydrogens (primary N) is 1. The molecule has 3 rings (SSSR count). The molecule has 1 aromatic rings. The number of rotatable bonds is 3. The van der Waals surface area contributed by atoms with Crippen molar-refractivity contribution in [3.05, 3.63) is 28.8 Å². The van der Waals surface area contributed by atoms with Crippen LogP contribution < -0.4 is 16.0 Å². The van der Waals surface area contributed by atoms with Crippen molar-refractivity contribution in [3.8, 4) is 0 Å². The van der Waals surface area contributed by atoms with E-state index in [-0.39, 0.29) is 5.91 Å². The van der Waals surface area contributed by atoms with Gasteiger partial charge in [-0.3, -0.25) is 4.79 Å². The molecule has 0 aromatic heterocycles. The minimum Gasteiger partial charge on any atom is -0.366 e. The lowest BCUT2D eigenvalue weighted by Gasteiger charge is -2.32. The van der Waals surface area contributed by atoms with E-state index in [2.05, 4.69) is 10.2 Å². The number of hydrogen-bond acceptors (Lipinski definition) is 3. The molecule has 3 N–H and O–H groups in total. The first-order valence-corrected chi connectivity index (χ1v) is 7.64. The molecule has 0 saturated carbocycles. The fourth-order valence-electron chi connectivity index (χ4n) is 3.50. The Bertz CT molecular complexity index is 514. The summed E-state index contributed by atoms with van der Waals surface area (Å²) in [4.78, 5) is 14.0. The standard InChI is InChI=1S/C15H20ClN3O/c16-10-5-6-11(15(17)20)14(9-10)19-8-2-4-13(19)12-3-1-7-18-12/h5-6,9,12-13,18H,1-4,7-8H2,(H2,17,20). The van der Waals surface area contributed by atoms with E-state index in [4.69, 9.17) is 17.3 Å². The fraction of sp³-hybridized carbons (Fsp3) is 0.533. The minimum atomic E-state index is -0.387. The van der Waals surface area contributed by atoms with Crippen LogP contribution in [0.1, 0.15) is 36.0 Å². The number of hydrogen-bond donors (Lipinski definition) is 2. The van der Waals surface area contributed by atoms with Gasteiger partial charge in [-0.15, -0.1) is 0 Å². The highest BCUT2D eigenvalue weighted by molar-refractivity contribution is 6.31. The van der Waals surface area contributed by atoms with Gasteiger partial charge in [0.05, 0.1) is 11.3 Å². The quantitative estimate of drug-likeness (QED) is 0.898. The number of primary amides is 1. The molecule has 2 aliphatic heterocycles. The number of anilines is 1. The third-order valence-corrected chi connectivity index (χ3v) is 4.63. The SMILES string of the molecule is NC(=O)c1ccc(Cl)cc1N1CCCC1C1CCCN1. The molecular weight excluding hydrogens is 274 g/mol. The molecule has 0 spiro atoms. The van der Waals surface area contributed by atoms with Crippen LogP contribution in [0.4, 0.5) is 5.69 Å². The second-order valence-electron chi connectivity index (χ2n) is 5.63. The zero-order valence-corrected chi connectivity index (χ0v) is 12.2. The number of nitrogens with zero attached hydrogens (tertiary/aromatic N) is 1. The van der Waals surface area contributed by atoms with Crippen molar-refractivity contribution in [2.75, 3.05) is 18.0 Å². The van der Waals surface area contributed by atoms with Gasteiger partial charge in [0.1, 0.15) is 0 Å². The first-order chi connectivity index (χ1) is 9.66. The molecule has 0 aliphatic carbocycles. The van der Waals surface area contributed by atoms with E-state index in [1.54, 1.807) is 12.1 Å². The maximum absolute atomic E-state index is 11.7. The molecule has 2 heterocycles. The summed E-state index contributed by atoms with van der Waals surface area (Å²) in [6.45, 7) is 2.05. The maximum atomic E-state index is 11.7. The molecule has 20 heavy (non-hydrogen) atoms. The third-order valence-electron chi connectivity index (χ3n) is 4.40. The van der Waals surface area contributed by atoms with E-state index in [1.807, 2.05) is 6.07 Å². The third kappa shape index (κ3) is 2.50. The van der Waals surface area contributed by atoms with Crippen molar-refractivity contribution < 1.29 is 4.79 Å². The molecule has 1 amide bonds. The predicted octanol–water partition coefficient (Wildman–Crippen LogP) is 2.16. The van der Waals surface area contributed by atoms with Crippen LogP contribution in [0, 0.1) is 0 Å². The number of halogens is 1. The van der Waals surface area contributed by atoms with Crippen molar-refractivity contribution in [2.45, 2.75) is 37.8 Å². The lowest BCUT2D eigenvalue weighted by Crippen LogP contribution is -2.44. The van der Waals surface area contributed by atoms with Gasteiger partial charge < -0.3 is 16.0 Å². The largest absolute Gasteiger partial charge is 0.366 e. The van der Waals surface area contributed by atoms with Gasteiger partial charge in [-0.05, 0) is 50.4 Å². The van der Waals surface area contributed by atoms with Crippen LogP contribution in [0.25, 0.3) is 0 Å². The zero-order valence-electron chi connectivity index (χ0n) is 11.4. The van der Waals surface area contributed by atoms with Crippen LogP contribution in [0.15, 0.2) is 18.2 Å². The molecule has 2 unspecified atom stereocenters. The summed E-state index contributed by atoms with van der Waals surface area (Å²) < 4.78 is 0. The van der Waals surface area contributed by atoms with Gasteiger partial charge in [0.25, 0.3) is 5.91 Å². The summed E-state index contributed by atoms with van der Waals surface area (Å²) in [6.07, 6.45) is 4.73. The topological polar surface area (TPSA) is 58.4 Å². The van der Waals surface area contributed by atoms with Crippen LogP contribution in [-0.2, 0) is 0 Å². The first kappa shape index (κ1) is 13.7. The summed E-state index contributed by atoms with van der Waals surface area (Å²) in [5, 5.41) is 4.22. The minimum absolute atomic E-state index is 0.387. The average molecular weight is 294 g/mol. The van der Waals surface area contributed by atoms with Gasteiger partial charge in [0.15, 0.2) is 0 Å². The summed E-state index contributed by atoms with van der Waals surface area (Å²) in [5.74, 6) is -0.387. The molecule has 108 valence electrons.